The number of aromatic nitrogens is 1. The van der Waals surface area contributed by atoms with Crippen LogP contribution in [0, 0.1) is 5.41 Å². The van der Waals surface area contributed by atoms with Gasteiger partial charge in [0.05, 0.1) is 0 Å². The van der Waals surface area contributed by atoms with E-state index in [1.807, 2.05) is 0 Å². The number of nitrogens with two attached hydrogens (primary N) is 1. The van der Waals surface area contributed by atoms with E-state index in [4.69, 9.17) is 21.0 Å². The van der Waals surface area contributed by atoms with Gasteiger partial charge in [0.1, 0.15) is 5.84 Å². The van der Waals surface area contributed by atoms with Crippen molar-refractivity contribution in [2.45, 2.75) is 6.92 Å². The van der Waals surface area contributed by atoms with Crippen molar-refractivity contribution in [3.63, 3.8) is 0 Å². The topological polar surface area (TPSA) is 100 Å². The van der Waals surface area contributed by atoms with E-state index < -0.39 is 5.97 Å². The van der Waals surface area contributed by atoms with Crippen LogP contribution in [0.15, 0.2) is 24.5 Å². The molecule has 0 aliphatic heterocycles. The second-order valence-corrected chi connectivity index (χ2v) is 2.17. The van der Waals surface area contributed by atoms with Crippen LogP contribution in [-0.2, 0) is 4.79 Å². The number of carboxylic acids is 1. The maximum atomic E-state index is 9.00. The number of nitrogens with one attached hydrogen (secondary N) is 1. The third kappa shape index (κ3) is 6.49. The maximum absolute atomic E-state index is 9.00. The Balaban J connectivity index is 0.000000310. The summed E-state index contributed by atoms with van der Waals surface area (Å²) >= 11 is 0. The summed E-state index contributed by atoms with van der Waals surface area (Å²) in [6, 6.07) is 3.39. The minimum Gasteiger partial charge on any atom is -0.481 e. The number of carbonyl (C=O) groups is 1. The van der Waals surface area contributed by atoms with Crippen molar-refractivity contribution in [1.82, 2.24) is 4.98 Å². The predicted molar refractivity (Wildman–Crippen MR) is 48.6 cm³/mol. The zero-order valence-electron chi connectivity index (χ0n) is 7.19. The van der Waals surface area contributed by atoms with Gasteiger partial charge in [0, 0.05) is 24.9 Å². The lowest BCUT2D eigenvalue weighted by atomic mass is 10.2. The zero-order valence-corrected chi connectivity index (χ0v) is 7.19. The number of hydrogen-bond donors (Lipinski definition) is 3. The van der Waals surface area contributed by atoms with Crippen molar-refractivity contribution < 1.29 is 9.90 Å². The Morgan fingerprint density at radius 3 is 2.15 bits per heavy atom. The molecule has 0 fully saturated rings. The average Bonchev–Trinajstić information content (AvgIpc) is 2.05. The number of carboxylic acid groups (broad SMARTS) is 1. The van der Waals surface area contributed by atoms with E-state index in [0.717, 1.165) is 6.92 Å². The average molecular weight is 181 g/mol. The lowest BCUT2D eigenvalue weighted by Crippen LogP contribution is -2.10. The van der Waals surface area contributed by atoms with Crippen molar-refractivity contribution in [2.75, 3.05) is 0 Å². The Bertz CT molecular complexity index is 281. The van der Waals surface area contributed by atoms with Gasteiger partial charge in [-0.15, -0.1) is 0 Å². The fraction of sp³-hybridized carbons (Fsp3) is 0.125. The third-order valence-corrected chi connectivity index (χ3v) is 0.991. The van der Waals surface area contributed by atoms with E-state index in [1.54, 1.807) is 24.5 Å². The molecule has 0 saturated carbocycles. The molecule has 0 unspecified atom stereocenters. The molecule has 70 valence electrons. The first kappa shape index (κ1) is 11.1. The highest BCUT2D eigenvalue weighted by Crippen LogP contribution is 1.91. The maximum Gasteiger partial charge on any atom is 0.300 e. The molecule has 1 rings (SSSR count). The number of nitrogen functional groups attached to an aromatic ring is 1. The lowest BCUT2D eigenvalue weighted by Gasteiger charge is -1.92. The highest BCUT2D eigenvalue weighted by molar-refractivity contribution is 5.94. The fourth-order valence-electron chi connectivity index (χ4n) is 0.531. The number of aliphatic carboxylic acids is 1. The van der Waals surface area contributed by atoms with E-state index in [0.29, 0.717) is 5.56 Å². The van der Waals surface area contributed by atoms with E-state index in [1.165, 1.54) is 0 Å². The summed E-state index contributed by atoms with van der Waals surface area (Å²) in [6.45, 7) is 1.08. The number of amidine groups is 1. The molecule has 0 radical (unpaired) electrons. The molecular weight excluding hydrogens is 170 g/mol. The van der Waals surface area contributed by atoms with Gasteiger partial charge in [0.2, 0.25) is 0 Å². The largest absolute Gasteiger partial charge is 0.481 e. The minimum atomic E-state index is -0.833. The van der Waals surface area contributed by atoms with Crippen molar-refractivity contribution >= 4 is 11.8 Å². The van der Waals surface area contributed by atoms with Gasteiger partial charge in [-0.2, -0.15) is 0 Å². The van der Waals surface area contributed by atoms with Crippen molar-refractivity contribution in [2.24, 2.45) is 5.73 Å². The van der Waals surface area contributed by atoms with Gasteiger partial charge in [-0.25, -0.2) is 0 Å². The molecule has 0 atom stereocenters. The Kier molecular flexibility index (Phi) is 4.87. The van der Waals surface area contributed by atoms with Crippen LogP contribution >= 0.6 is 0 Å². The van der Waals surface area contributed by atoms with Gasteiger partial charge in [0.25, 0.3) is 5.97 Å². The third-order valence-electron chi connectivity index (χ3n) is 0.991. The van der Waals surface area contributed by atoms with Crippen LogP contribution in [0.2, 0.25) is 0 Å². The summed E-state index contributed by atoms with van der Waals surface area (Å²) < 4.78 is 0. The molecule has 0 aliphatic rings. The number of pyridine rings is 1. The van der Waals surface area contributed by atoms with Crippen molar-refractivity contribution in [1.29, 1.82) is 5.41 Å². The second kappa shape index (κ2) is 5.70. The molecule has 0 bridgehead atoms. The number of nitrogens with zero attached hydrogens (tertiary/aromatic N) is 1. The van der Waals surface area contributed by atoms with E-state index in [2.05, 4.69) is 4.98 Å². The Morgan fingerprint density at radius 2 is 1.92 bits per heavy atom. The molecule has 0 aromatic carbocycles. The molecule has 0 spiro atoms. The van der Waals surface area contributed by atoms with Crippen LogP contribution < -0.4 is 5.73 Å². The summed E-state index contributed by atoms with van der Waals surface area (Å²) in [7, 11) is 0. The van der Waals surface area contributed by atoms with E-state index >= 15 is 0 Å². The van der Waals surface area contributed by atoms with Gasteiger partial charge in [-0.1, -0.05) is 0 Å². The summed E-state index contributed by atoms with van der Waals surface area (Å²) in [5.74, 6) is -0.752. The quantitative estimate of drug-likeness (QED) is 0.432. The smallest absolute Gasteiger partial charge is 0.300 e. The fourth-order valence-corrected chi connectivity index (χ4v) is 0.531. The van der Waals surface area contributed by atoms with Gasteiger partial charge in [-0.05, 0) is 12.1 Å². The standard InChI is InChI=1S/C6H7N3.C2H4O2/c7-6(8)5-1-3-9-4-2-5;1-2(3)4/h1-4H,(H3,7,8);1H3,(H,3,4). The highest BCUT2D eigenvalue weighted by atomic mass is 16.4. The molecule has 0 saturated heterocycles. The first-order valence-electron chi connectivity index (χ1n) is 3.48. The van der Waals surface area contributed by atoms with Crippen molar-refractivity contribution in [3.8, 4) is 0 Å². The molecule has 5 nitrogen and oxygen atoms in total. The summed E-state index contributed by atoms with van der Waals surface area (Å²) in [6.07, 6.45) is 3.22. The van der Waals surface area contributed by atoms with Crippen LogP contribution in [0.4, 0.5) is 0 Å². The summed E-state index contributed by atoms with van der Waals surface area (Å²) in [5.41, 5.74) is 5.88. The second-order valence-electron chi connectivity index (χ2n) is 2.17. The monoisotopic (exact) mass is 181 g/mol. The molecule has 13 heavy (non-hydrogen) atoms. The van der Waals surface area contributed by atoms with E-state index in [-0.39, 0.29) is 5.84 Å². The van der Waals surface area contributed by atoms with Crippen LogP contribution in [0.3, 0.4) is 0 Å². The molecule has 4 N–H and O–H groups in total. The van der Waals surface area contributed by atoms with Crippen LogP contribution in [-0.4, -0.2) is 21.9 Å². The van der Waals surface area contributed by atoms with Gasteiger partial charge in [-0.3, -0.25) is 15.2 Å². The number of rotatable bonds is 1. The molecule has 0 aliphatic carbocycles. The van der Waals surface area contributed by atoms with Gasteiger partial charge < -0.3 is 10.8 Å². The van der Waals surface area contributed by atoms with Crippen LogP contribution in [0.25, 0.3) is 0 Å². The summed E-state index contributed by atoms with van der Waals surface area (Å²) in [4.78, 5) is 12.8. The highest BCUT2D eigenvalue weighted by Gasteiger charge is 1.89. The summed E-state index contributed by atoms with van der Waals surface area (Å²) in [5, 5.41) is 14.4. The Hall–Kier alpha value is -1.91. The molecule has 1 aromatic rings. The van der Waals surface area contributed by atoms with Crippen molar-refractivity contribution in [3.05, 3.63) is 30.1 Å². The normalized spacial score (nSPS) is 8.08. The minimum absolute atomic E-state index is 0.0809. The zero-order chi connectivity index (χ0) is 10.3. The van der Waals surface area contributed by atoms with Gasteiger partial charge in [0.15, 0.2) is 0 Å². The Morgan fingerprint density at radius 1 is 1.54 bits per heavy atom. The first-order chi connectivity index (χ1) is 6.04. The SMILES string of the molecule is CC(=O)O.N=C(N)c1ccncc1. The molecule has 0 amide bonds. The van der Waals surface area contributed by atoms with Crippen LogP contribution in [0.5, 0.6) is 0 Å². The van der Waals surface area contributed by atoms with Crippen LogP contribution in [0.1, 0.15) is 12.5 Å². The number of hydrogen-bond acceptors (Lipinski definition) is 3. The lowest BCUT2D eigenvalue weighted by molar-refractivity contribution is -0.134. The Labute approximate surface area is 75.7 Å². The van der Waals surface area contributed by atoms with Gasteiger partial charge >= 0.3 is 0 Å². The molecular formula is C8H11N3O2. The molecule has 1 heterocycles. The molecule has 5 heteroatoms. The molecule has 1 aromatic heterocycles. The first-order valence-corrected chi connectivity index (χ1v) is 3.48. The predicted octanol–water partition coefficient (Wildman–Crippen LogP) is 0.457. The van der Waals surface area contributed by atoms with E-state index in [9.17, 15) is 0 Å².